The third-order valence-corrected chi connectivity index (χ3v) is 12.1. The Morgan fingerprint density at radius 3 is 1.78 bits per heavy atom. The van der Waals surface area contributed by atoms with Gasteiger partial charge in [-0.15, -0.1) is 0 Å². The third-order valence-electron chi connectivity index (χ3n) is 12.1. The normalized spacial score (nSPS) is 21.0. The molecule has 8 atom stereocenters. The number of likely N-dealkylation sites (tertiary alicyclic amines) is 1. The number of amides is 7. The first-order valence-corrected chi connectivity index (χ1v) is 22.3. The molecule has 352 valence electrons. The Morgan fingerprint density at radius 2 is 1.22 bits per heavy atom. The van der Waals surface area contributed by atoms with Crippen LogP contribution in [0.25, 0.3) is 0 Å². The number of carboxylic acid groups (broad SMARTS) is 2. The highest BCUT2D eigenvalue weighted by molar-refractivity contribution is 6.38. The maximum absolute atomic E-state index is 15.1. The van der Waals surface area contributed by atoms with E-state index in [2.05, 4.69) is 31.9 Å². The zero-order valence-corrected chi connectivity index (χ0v) is 37.1. The summed E-state index contributed by atoms with van der Waals surface area (Å²) >= 11 is 0. The lowest BCUT2D eigenvalue weighted by atomic mass is 9.82. The number of nitrogens with zero attached hydrogens (tertiary/aromatic N) is 1. The molecule has 8 N–H and O–H groups in total. The van der Waals surface area contributed by atoms with Crippen molar-refractivity contribution in [3.63, 3.8) is 0 Å². The highest BCUT2D eigenvalue weighted by atomic mass is 16.4. The van der Waals surface area contributed by atoms with Gasteiger partial charge in [-0.3, -0.25) is 52.7 Å². The van der Waals surface area contributed by atoms with Crippen molar-refractivity contribution in [1.82, 2.24) is 36.8 Å². The summed E-state index contributed by atoms with van der Waals surface area (Å²) in [4.78, 5) is 144. The molecule has 1 saturated heterocycles. The number of hydrogen-bond acceptors (Lipinski definition) is 11. The molecule has 1 heterocycles. The van der Waals surface area contributed by atoms with Crippen molar-refractivity contribution in [1.29, 1.82) is 0 Å². The lowest BCUT2D eigenvalue weighted by Gasteiger charge is -2.39. The maximum atomic E-state index is 15.1. The summed E-state index contributed by atoms with van der Waals surface area (Å²) in [6.07, 6.45) is 5.85. The Hall–Kier alpha value is -5.43. The minimum Gasteiger partial charge on any atom is -0.481 e. The van der Waals surface area contributed by atoms with Crippen molar-refractivity contribution >= 4 is 64.9 Å². The summed E-state index contributed by atoms with van der Waals surface area (Å²) in [6, 6.07) is -7.85. The number of ketones is 2. The van der Waals surface area contributed by atoms with Crippen molar-refractivity contribution in [3.8, 4) is 0 Å². The molecular weight excluding hydrogens is 823 g/mol. The van der Waals surface area contributed by atoms with Crippen LogP contribution in [0.15, 0.2) is 0 Å². The van der Waals surface area contributed by atoms with Gasteiger partial charge in [0.15, 0.2) is 0 Å². The number of rotatable bonds is 24. The van der Waals surface area contributed by atoms with Gasteiger partial charge >= 0.3 is 11.9 Å². The van der Waals surface area contributed by atoms with E-state index < -0.39 is 121 Å². The summed E-state index contributed by atoms with van der Waals surface area (Å²) < 4.78 is 0. The van der Waals surface area contributed by atoms with E-state index in [0.717, 1.165) is 45.4 Å². The zero-order chi connectivity index (χ0) is 47.0. The molecule has 0 bridgehead atoms. The van der Waals surface area contributed by atoms with E-state index in [1.165, 1.54) is 6.92 Å². The molecule has 1 aliphatic heterocycles. The average Bonchev–Trinajstić information content (AvgIpc) is 3.63. The lowest BCUT2D eigenvalue weighted by molar-refractivity contribution is -0.147. The van der Waals surface area contributed by atoms with Crippen LogP contribution in [0, 0.1) is 17.8 Å². The SMILES string of the molecule is CCCC(NC(=O)[C@@H]1C[C@@H]2CCCC[C@@H]2N1C(=O)[C@@H](NC(=O)[C@@H](NC(=O)[C@H](CCC(=O)O)NC(=O)[C@H](CCC(=O)O)NC(C)=O)C(C)C)C1CCCCC1)C(=O)C(=O)NCC(C)=O. The van der Waals surface area contributed by atoms with Gasteiger partial charge < -0.3 is 47.0 Å². The summed E-state index contributed by atoms with van der Waals surface area (Å²) in [5.41, 5.74) is 0. The van der Waals surface area contributed by atoms with E-state index in [-0.39, 0.29) is 43.0 Å². The smallest absolute Gasteiger partial charge is 0.303 e. The number of carbonyl (C=O) groups is 11. The minimum absolute atomic E-state index is 0.0321. The van der Waals surface area contributed by atoms with Gasteiger partial charge in [-0.05, 0) is 76.0 Å². The highest BCUT2D eigenvalue weighted by Crippen LogP contribution is 2.41. The molecule has 63 heavy (non-hydrogen) atoms. The van der Waals surface area contributed by atoms with Gasteiger partial charge in [0.05, 0.1) is 12.6 Å². The number of hydrogen-bond donors (Lipinski definition) is 8. The van der Waals surface area contributed by atoms with E-state index >= 15 is 4.79 Å². The summed E-state index contributed by atoms with van der Waals surface area (Å²) in [6.45, 7) is 7.10. The predicted octanol–water partition coefficient (Wildman–Crippen LogP) is 0.630. The van der Waals surface area contributed by atoms with E-state index in [1.54, 1.807) is 25.7 Å². The Labute approximate surface area is 367 Å². The monoisotopic (exact) mass is 889 g/mol. The third kappa shape index (κ3) is 15.7. The van der Waals surface area contributed by atoms with Gasteiger partial charge in [-0.2, -0.15) is 0 Å². The zero-order valence-electron chi connectivity index (χ0n) is 37.1. The first kappa shape index (κ1) is 51.9. The van der Waals surface area contributed by atoms with Crippen LogP contribution >= 0.6 is 0 Å². The lowest BCUT2D eigenvalue weighted by Crippen LogP contribution is -2.62. The van der Waals surface area contributed by atoms with E-state index in [9.17, 15) is 53.1 Å². The number of carboxylic acids is 2. The predicted molar refractivity (Wildman–Crippen MR) is 225 cm³/mol. The highest BCUT2D eigenvalue weighted by Gasteiger charge is 2.51. The number of aliphatic carboxylic acids is 2. The molecule has 20 heteroatoms. The fourth-order valence-electron chi connectivity index (χ4n) is 8.92. The Balaban J connectivity index is 1.92. The van der Waals surface area contributed by atoms with Gasteiger partial charge in [0.2, 0.25) is 41.2 Å². The number of Topliss-reactive ketones (excluding diaryl/α,β-unsaturated/α-hetero) is 2. The Kier molecular flexibility index (Phi) is 20.6. The topological polar surface area (TPSA) is 304 Å². The fourth-order valence-corrected chi connectivity index (χ4v) is 8.92. The fraction of sp³-hybridized carbons (Fsp3) is 0.744. The molecule has 3 aliphatic rings. The standard InChI is InChI=1S/C43H67N7O13/c1-6-12-28(37(57)42(62)44-22-24(4)51)46-40(60)32-21-27-15-10-11-16-31(27)50(32)43(63)36(26-13-8-7-9-14-26)49-41(61)35(23(2)3)48-39(59)30(18-20-34(55)56)47-38(58)29(45-25(5)52)17-19-33(53)54/h23,26-32,35-36H,6-22H2,1-5H3,(H,44,62)(H,45,52)(H,46,60)(H,47,58)(H,48,59)(H,49,61)(H,53,54)(H,55,56)/t27-,28?,29-,30-,31-,32-,35-,36-/m0/s1. The second-order valence-corrected chi connectivity index (χ2v) is 17.5. The van der Waals surface area contributed by atoms with Crippen LogP contribution in [0.2, 0.25) is 0 Å². The second kappa shape index (κ2) is 25.0. The molecule has 2 saturated carbocycles. The molecule has 7 amide bonds. The van der Waals surface area contributed by atoms with Crippen LogP contribution < -0.4 is 31.9 Å². The molecule has 0 aromatic heterocycles. The first-order chi connectivity index (χ1) is 29.7. The van der Waals surface area contributed by atoms with Crippen molar-refractivity contribution in [2.24, 2.45) is 17.8 Å². The van der Waals surface area contributed by atoms with Crippen LogP contribution in [-0.2, 0) is 52.7 Å². The van der Waals surface area contributed by atoms with Crippen molar-refractivity contribution in [2.45, 2.75) is 180 Å². The van der Waals surface area contributed by atoms with Gasteiger partial charge in [-0.1, -0.05) is 59.3 Å². The van der Waals surface area contributed by atoms with Crippen molar-refractivity contribution < 1.29 is 63.0 Å². The van der Waals surface area contributed by atoms with Gasteiger partial charge in [0.25, 0.3) is 5.91 Å². The molecule has 0 spiro atoms. The van der Waals surface area contributed by atoms with Gasteiger partial charge in [0, 0.05) is 25.8 Å². The molecule has 0 radical (unpaired) electrons. The number of nitrogens with one attached hydrogen (secondary N) is 6. The largest absolute Gasteiger partial charge is 0.481 e. The van der Waals surface area contributed by atoms with Crippen LogP contribution in [0.5, 0.6) is 0 Å². The first-order valence-electron chi connectivity index (χ1n) is 22.3. The van der Waals surface area contributed by atoms with Crippen LogP contribution in [0.4, 0.5) is 0 Å². The molecule has 0 aromatic rings. The maximum Gasteiger partial charge on any atom is 0.303 e. The van der Waals surface area contributed by atoms with Crippen LogP contribution in [-0.4, -0.2) is 129 Å². The van der Waals surface area contributed by atoms with Crippen LogP contribution in [0.3, 0.4) is 0 Å². The quantitative estimate of drug-likeness (QED) is 0.0618. The Bertz CT molecular complexity index is 1710. The molecule has 20 nitrogen and oxygen atoms in total. The summed E-state index contributed by atoms with van der Waals surface area (Å²) in [7, 11) is 0. The second-order valence-electron chi connectivity index (χ2n) is 17.5. The summed E-state index contributed by atoms with van der Waals surface area (Å²) in [5.74, 6) is -10.1. The van der Waals surface area contributed by atoms with E-state index in [4.69, 9.17) is 5.11 Å². The van der Waals surface area contributed by atoms with Crippen molar-refractivity contribution in [3.05, 3.63) is 0 Å². The Morgan fingerprint density at radius 1 is 0.651 bits per heavy atom. The molecule has 0 aromatic carbocycles. The van der Waals surface area contributed by atoms with E-state index in [1.807, 2.05) is 0 Å². The number of carbonyl (C=O) groups excluding carboxylic acids is 9. The average molecular weight is 890 g/mol. The van der Waals surface area contributed by atoms with E-state index in [0.29, 0.717) is 32.1 Å². The molecule has 2 aliphatic carbocycles. The minimum atomic E-state index is -1.52. The number of fused-ring (bicyclic) bond motifs is 1. The summed E-state index contributed by atoms with van der Waals surface area (Å²) in [5, 5.41) is 33.9. The molecular formula is C43H67N7O13. The van der Waals surface area contributed by atoms with Crippen LogP contribution in [0.1, 0.15) is 137 Å². The molecule has 3 rings (SSSR count). The van der Waals surface area contributed by atoms with Crippen molar-refractivity contribution in [2.75, 3.05) is 6.54 Å². The molecule has 1 unspecified atom stereocenters. The molecule has 3 fully saturated rings. The van der Waals surface area contributed by atoms with Gasteiger partial charge in [0.1, 0.15) is 36.0 Å². The van der Waals surface area contributed by atoms with Gasteiger partial charge in [-0.25, -0.2) is 0 Å².